The lowest BCUT2D eigenvalue weighted by Gasteiger charge is -2.19. The average Bonchev–Trinajstić information content (AvgIpc) is 3.01. The van der Waals surface area contributed by atoms with E-state index in [-0.39, 0.29) is 6.09 Å². The van der Waals surface area contributed by atoms with Crippen molar-refractivity contribution in [3.05, 3.63) is 0 Å². The Balaban J connectivity index is 1.95. The first-order valence-corrected chi connectivity index (χ1v) is 7.54. The van der Waals surface area contributed by atoms with Gasteiger partial charge >= 0.3 is 6.09 Å². The molecule has 0 unspecified atom stereocenters. The van der Waals surface area contributed by atoms with Gasteiger partial charge in [-0.25, -0.2) is 4.79 Å². The molecule has 0 aromatic rings. The monoisotopic (exact) mass is 270 g/mol. The fourth-order valence-electron chi connectivity index (χ4n) is 2.29. The van der Waals surface area contributed by atoms with Crippen molar-refractivity contribution in [2.75, 3.05) is 19.6 Å². The van der Waals surface area contributed by atoms with Crippen LogP contribution in [0.2, 0.25) is 0 Å². The lowest BCUT2D eigenvalue weighted by Crippen LogP contribution is -2.34. The molecule has 0 aromatic heterocycles. The minimum Gasteiger partial charge on any atom is -0.444 e. The van der Waals surface area contributed by atoms with Gasteiger partial charge in [-0.2, -0.15) is 0 Å². The summed E-state index contributed by atoms with van der Waals surface area (Å²) in [5.41, 5.74) is 0.189. The average molecular weight is 270 g/mol. The van der Waals surface area contributed by atoms with Crippen molar-refractivity contribution in [2.24, 2.45) is 5.41 Å². The molecule has 0 spiro atoms. The van der Waals surface area contributed by atoms with Crippen LogP contribution in [0.1, 0.15) is 59.8 Å². The van der Waals surface area contributed by atoms with E-state index in [2.05, 4.69) is 17.6 Å². The van der Waals surface area contributed by atoms with E-state index in [0.717, 1.165) is 19.5 Å². The Hall–Kier alpha value is -0.770. The third kappa shape index (κ3) is 7.41. The summed E-state index contributed by atoms with van der Waals surface area (Å²) < 4.78 is 5.17. The Kier molecular flexibility index (Phi) is 6.11. The molecule has 1 fully saturated rings. The van der Waals surface area contributed by atoms with E-state index in [9.17, 15) is 4.79 Å². The Morgan fingerprint density at radius 1 is 1.26 bits per heavy atom. The molecule has 2 N–H and O–H groups in total. The fourth-order valence-corrected chi connectivity index (χ4v) is 2.29. The molecule has 1 rings (SSSR count). The molecule has 1 aliphatic carbocycles. The van der Waals surface area contributed by atoms with E-state index in [4.69, 9.17) is 4.74 Å². The normalized spacial score (nSPS) is 17.1. The number of carbonyl (C=O) groups is 1. The Morgan fingerprint density at radius 3 is 2.47 bits per heavy atom. The zero-order valence-electron chi connectivity index (χ0n) is 13.0. The van der Waals surface area contributed by atoms with Gasteiger partial charge in [-0.3, -0.25) is 0 Å². The largest absolute Gasteiger partial charge is 0.444 e. The Bertz CT molecular complexity index is 280. The van der Waals surface area contributed by atoms with Crippen molar-refractivity contribution in [2.45, 2.75) is 65.4 Å². The van der Waals surface area contributed by atoms with Crippen molar-refractivity contribution >= 4 is 6.09 Å². The highest BCUT2D eigenvalue weighted by Gasteiger charge is 2.40. The highest BCUT2D eigenvalue weighted by atomic mass is 16.6. The maximum atomic E-state index is 11.4. The molecule has 0 radical (unpaired) electrons. The van der Waals surface area contributed by atoms with Crippen molar-refractivity contribution in [3.63, 3.8) is 0 Å². The summed E-state index contributed by atoms with van der Waals surface area (Å²) in [5.74, 6) is 0. The van der Waals surface area contributed by atoms with Crippen molar-refractivity contribution in [1.82, 2.24) is 10.6 Å². The van der Waals surface area contributed by atoms with Gasteiger partial charge < -0.3 is 15.4 Å². The number of ether oxygens (including phenoxy) is 1. The molecule has 0 bridgehead atoms. The van der Waals surface area contributed by atoms with Crippen LogP contribution in [0.5, 0.6) is 0 Å². The number of hydrogen-bond donors (Lipinski definition) is 2. The number of hydrogen-bond acceptors (Lipinski definition) is 3. The number of rotatable bonds is 8. The first-order chi connectivity index (χ1) is 8.87. The number of alkyl carbamates (subject to hydrolysis) is 1. The van der Waals surface area contributed by atoms with Crippen LogP contribution in [0.3, 0.4) is 0 Å². The van der Waals surface area contributed by atoms with Gasteiger partial charge in [-0.05, 0) is 58.4 Å². The van der Waals surface area contributed by atoms with Gasteiger partial charge in [0.1, 0.15) is 5.60 Å². The topological polar surface area (TPSA) is 50.4 Å². The van der Waals surface area contributed by atoms with E-state index >= 15 is 0 Å². The molecule has 1 amide bonds. The summed E-state index contributed by atoms with van der Waals surface area (Å²) in [6.07, 6.45) is 6.00. The minimum atomic E-state index is -0.416. The molecular formula is C15H30N2O2. The lowest BCUT2D eigenvalue weighted by molar-refractivity contribution is 0.0527. The molecule has 4 nitrogen and oxygen atoms in total. The van der Waals surface area contributed by atoms with Crippen LogP contribution in [0.4, 0.5) is 4.79 Å². The second kappa shape index (κ2) is 7.13. The molecule has 112 valence electrons. The van der Waals surface area contributed by atoms with Gasteiger partial charge in [0.15, 0.2) is 0 Å². The SMILES string of the molecule is CCCC1(CNCCCNC(=O)OC(C)(C)C)CC1. The summed E-state index contributed by atoms with van der Waals surface area (Å²) >= 11 is 0. The molecule has 0 aromatic carbocycles. The van der Waals surface area contributed by atoms with E-state index in [1.54, 1.807) is 0 Å². The van der Waals surface area contributed by atoms with Crippen LogP contribution >= 0.6 is 0 Å². The highest BCUT2D eigenvalue weighted by molar-refractivity contribution is 5.67. The van der Waals surface area contributed by atoms with Crippen LogP contribution in [-0.2, 0) is 4.74 Å². The fraction of sp³-hybridized carbons (Fsp3) is 0.933. The van der Waals surface area contributed by atoms with Gasteiger partial charge in [0.2, 0.25) is 0 Å². The van der Waals surface area contributed by atoms with E-state index < -0.39 is 5.60 Å². The van der Waals surface area contributed by atoms with Gasteiger partial charge in [-0.15, -0.1) is 0 Å². The van der Waals surface area contributed by atoms with E-state index in [0.29, 0.717) is 12.0 Å². The van der Waals surface area contributed by atoms with Crippen LogP contribution in [-0.4, -0.2) is 31.3 Å². The molecular weight excluding hydrogens is 240 g/mol. The summed E-state index contributed by atoms with van der Waals surface area (Å²) in [4.78, 5) is 11.4. The van der Waals surface area contributed by atoms with Crippen molar-refractivity contribution in [3.8, 4) is 0 Å². The molecule has 0 atom stereocenters. The maximum absolute atomic E-state index is 11.4. The Labute approximate surface area is 117 Å². The van der Waals surface area contributed by atoms with Crippen LogP contribution < -0.4 is 10.6 Å². The zero-order chi connectivity index (χ0) is 14.4. The third-order valence-electron chi connectivity index (χ3n) is 3.44. The highest BCUT2D eigenvalue weighted by Crippen LogP contribution is 2.48. The summed E-state index contributed by atoms with van der Waals surface area (Å²) in [7, 11) is 0. The van der Waals surface area contributed by atoms with E-state index in [1.807, 2.05) is 20.8 Å². The summed E-state index contributed by atoms with van der Waals surface area (Å²) in [6, 6.07) is 0. The van der Waals surface area contributed by atoms with Crippen LogP contribution in [0.25, 0.3) is 0 Å². The smallest absolute Gasteiger partial charge is 0.407 e. The van der Waals surface area contributed by atoms with Gasteiger partial charge in [0.05, 0.1) is 0 Å². The maximum Gasteiger partial charge on any atom is 0.407 e. The summed E-state index contributed by atoms with van der Waals surface area (Å²) in [6.45, 7) is 10.6. The molecule has 1 saturated carbocycles. The predicted molar refractivity (Wildman–Crippen MR) is 78.3 cm³/mol. The van der Waals surface area contributed by atoms with Gasteiger partial charge in [-0.1, -0.05) is 13.3 Å². The molecule has 0 heterocycles. The van der Waals surface area contributed by atoms with Crippen LogP contribution in [0, 0.1) is 5.41 Å². The third-order valence-corrected chi connectivity index (χ3v) is 3.44. The number of carbonyl (C=O) groups excluding carboxylic acids is 1. The van der Waals surface area contributed by atoms with Crippen molar-refractivity contribution < 1.29 is 9.53 Å². The van der Waals surface area contributed by atoms with Crippen molar-refractivity contribution in [1.29, 1.82) is 0 Å². The number of amides is 1. The molecule has 0 aliphatic heterocycles. The molecule has 0 saturated heterocycles. The van der Waals surface area contributed by atoms with Crippen LogP contribution in [0.15, 0.2) is 0 Å². The van der Waals surface area contributed by atoms with E-state index in [1.165, 1.54) is 25.7 Å². The predicted octanol–water partition coefficient (Wildman–Crippen LogP) is 3.07. The minimum absolute atomic E-state index is 0.322. The first kappa shape index (κ1) is 16.3. The molecule has 1 aliphatic rings. The second-order valence-electron chi connectivity index (χ2n) is 6.71. The second-order valence-corrected chi connectivity index (χ2v) is 6.71. The zero-order valence-corrected chi connectivity index (χ0v) is 13.0. The van der Waals surface area contributed by atoms with Gasteiger partial charge in [0, 0.05) is 13.1 Å². The summed E-state index contributed by atoms with van der Waals surface area (Å²) in [5, 5.41) is 6.28. The first-order valence-electron chi connectivity index (χ1n) is 7.54. The Morgan fingerprint density at radius 2 is 1.95 bits per heavy atom. The van der Waals surface area contributed by atoms with Gasteiger partial charge in [0.25, 0.3) is 0 Å². The lowest BCUT2D eigenvalue weighted by atomic mass is 10.0. The quantitative estimate of drug-likeness (QED) is 0.666. The number of nitrogens with one attached hydrogen (secondary N) is 2. The molecule has 4 heteroatoms. The standard InChI is InChI=1S/C15H30N2O2/c1-5-7-15(8-9-15)12-16-10-6-11-17-13(18)19-14(2,3)4/h16H,5-12H2,1-4H3,(H,17,18). The molecule has 19 heavy (non-hydrogen) atoms.